The second kappa shape index (κ2) is 10.8. The predicted molar refractivity (Wildman–Crippen MR) is 122 cm³/mol. The average molecular weight is 550 g/mol. The first-order valence-electron chi connectivity index (χ1n) is 9.47. The van der Waals surface area contributed by atoms with Crippen molar-refractivity contribution in [2.75, 3.05) is 18.5 Å². The molecule has 1 aliphatic rings. The number of rotatable bonds is 5. The van der Waals surface area contributed by atoms with Crippen LogP contribution in [0.1, 0.15) is 29.5 Å². The van der Waals surface area contributed by atoms with Crippen molar-refractivity contribution in [1.29, 1.82) is 0 Å². The van der Waals surface area contributed by atoms with E-state index in [2.05, 4.69) is 15.6 Å². The number of guanidine groups is 1. The number of nitrogens with zero attached hydrogens (tertiary/aromatic N) is 2. The lowest BCUT2D eigenvalue weighted by atomic mass is 10.1. The number of halogens is 5. The third-order valence-corrected chi connectivity index (χ3v) is 4.83. The van der Waals surface area contributed by atoms with Gasteiger partial charge in [0, 0.05) is 38.8 Å². The van der Waals surface area contributed by atoms with Crippen molar-refractivity contribution in [3.63, 3.8) is 0 Å². The summed E-state index contributed by atoms with van der Waals surface area (Å²) in [6, 6.07) is 10.1. The number of nitrogens with one attached hydrogen (secondary N) is 2. The zero-order chi connectivity index (χ0) is 21.7. The van der Waals surface area contributed by atoms with Crippen molar-refractivity contribution in [3.05, 3.63) is 65.0 Å². The third kappa shape index (κ3) is 6.55. The number of carbonyl (C=O) groups is 1. The molecule has 2 aromatic carbocycles. The van der Waals surface area contributed by atoms with Crippen molar-refractivity contribution in [2.45, 2.75) is 32.1 Å². The van der Waals surface area contributed by atoms with E-state index in [0.29, 0.717) is 25.0 Å². The molecule has 1 amide bonds. The van der Waals surface area contributed by atoms with Gasteiger partial charge in [0.15, 0.2) is 5.96 Å². The zero-order valence-electron chi connectivity index (χ0n) is 16.8. The van der Waals surface area contributed by atoms with Gasteiger partial charge in [0.05, 0.1) is 5.56 Å². The Morgan fingerprint density at radius 2 is 1.77 bits per heavy atom. The fourth-order valence-corrected chi connectivity index (χ4v) is 3.27. The van der Waals surface area contributed by atoms with Crippen molar-refractivity contribution in [1.82, 2.24) is 10.6 Å². The van der Waals surface area contributed by atoms with E-state index in [0.717, 1.165) is 36.3 Å². The summed E-state index contributed by atoms with van der Waals surface area (Å²) in [6.07, 6.45) is -3.22. The summed E-state index contributed by atoms with van der Waals surface area (Å²) in [5.41, 5.74) is 0.676. The lowest BCUT2D eigenvalue weighted by Crippen LogP contribution is -2.36. The average Bonchev–Trinajstić information content (AvgIpc) is 3.14. The van der Waals surface area contributed by atoms with Crippen LogP contribution in [0.4, 0.5) is 23.2 Å². The largest absolute Gasteiger partial charge is 0.416 e. The maximum atomic E-state index is 13.2. The normalized spacial score (nSPS) is 14.4. The molecule has 3 rings (SSSR count). The van der Waals surface area contributed by atoms with Gasteiger partial charge in [-0.3, -0.25) is 9.79 Å². The standard InChI is InChI=1S/C21H22F4N4O.HI/c1-26-20(28-13-15-6-7-16(22)11-18(15)21(23,24)25)27-12-14-4-8-17(9-5-14)29-10-2-3-19(29)30;/h4-9,11H,2-3,10,12-13H2,1H3,(H2,26,27,28);1H. The van der Waals surface area contributed by atoms with Crippen molar-refractivity contribution >= 4 is 41.5 Å². The Morgan fingerprint density at radius 1 is 1.10 bits per heavy atom. The topological polar surface area (TPSA) is 56.7 Å². The Labute approximate surface area is 194 Å². The van der Waals surface area contributed by atoms with Crippen LogP contribution >= 0.6 is 24.0 Å². The van der Waals surface area contributed by atoms with Gasteiger partial charge in [-0.15, -0.1) is 24.0 Å². The lowest BCUT2D eigenvalue weighted by Gasteiger charge is -2.17. The highest BCUT2D eigenvalue weighted by atomic mass is 127. The quantitative estimate of drug-likeness (QED) is 0.251. The molecule has 0 atom stereocenters. The summed E-state index contributed by atoms with van der Waals surface area (Å²) < 4.78 is 52.5. The first-order valence-corrected chi connectivity index (χ1v) is 9.47. The molecule has 1 heterocycles. The molecular formula is C21H23F4IN4O. The van der Waals surface area contributed by atoms with Gasteiger partial charge in [0.2, 0.25) is 5.91 Å². The zero-order valence-corrected chi connectivity index (χ0v) is 19.1. The summed E-state index contributed by atoms with van der Waals surface area (Å²) in [5, 5.41) is 5.84. The summed E-state index contributed by atoms with van der Waals surface area (Å²) in [6.45, 7) is 0.949. The Kier molecular flexibility index (Phi) is 8.66. The molecule has 0 spiro atoms. The molecule has 5 nitrogen and oxygen atoms in total. The first-order chi connectivity index (χ1) is 14.3. The van der Waals surface area contributed by atoms with Gasteiger partial charge in [0.25, 0.3) is 0 Å². The van der Waals surface area contributed by atoms with Crippen LogP contribution in [-0.2, 0) is 24.1 Å². The molecule has 1 saturated heterocycles. The van der Waals surface area contributed by atoms with Gasteiger partial charge in [0.1, 0.15) is 5.82 Å². The van der Waals surface area contributed by atoms with Crippen molar-refractivity contribution < 1.29 is 22.4 Å². The fraction of sp³-hybridized carbons (Fsp3) is 0.333. The first kappa shape index (κ1) is 24.9. The molecule has 168 valence electrons. The van der Waals surface area contributed by atoms with Crippen molar-refractivity contribution in [2.24, 2.45) is 4.99 Å². The highest BCUT2D eigenvalue weighted by molar-refractivity contribution is 14.0. The van der Waals surface area contributed by atoms with Crippen LogP contribution in [0.25, 0.3) is 0 Å². The molecule has 1 aliphatic heterocycles. The molecular weight excluding hydrogens is 527 g/mol. The van der Waals surface area contributed by atoms with E-state index >= 15 is 0 Å². The molecule has 2 N–H and O–H groups in total. The van der Waals surface area contributed by atoms with Crippen LogP contribution in [0.15, 0.2) is 47.5 Å². The number of carbonyl (C=O) groups excluding carboxylic acids is 1. The minimum Gasteiger partial charge on any atom is -0.352 e. The van der Waals surface area contributed by atoms with Crippen LogP contribution in [0.5, 0.6) is 0 Å². The van der Waals surface area contributed by atoms with Gasteiger partial charge in [-0.2, -0.15) is 13.2 Å². The smallest absolute Gasteiger partial charge is 0.352 e. The molecule has 0 unspecified atom stereocenters. The van der Waals surface area contributed by atoms with Gasteiger partial charge in [-0.1, -0.05) is 18.2 Å². The number of anilines is 1. The molecule has 0 radical (unpaired) electrons. The minimum atomic E-state index is -4.64. The van der Waals surface area contributed by atoms with Crippen LogP contribution in [-0.4, -0.2) is 25.5 Å². The lowest BCUT2D eigenvalue weighted by molar-refractivity contribution is -0.138. The number of amides is 1. The molecule has 0 aromatic heterocycles. The van der Waals surface area contributed by atoms with Gasteiger partial charge in [-0.25, -0.2) is 4.39 Å². The van der Waals surface area contributed by atoms with Crippen molar-refractivity contribution in [3.8, 4) is 0 Å². The molecule has 0 aliphatic carbocycles. The van der Waals surface area contributed by atoms with E-state index in [1.807, 2.05) is 24.3 Å². The number of hydrogen-bond acceptors (Lipinski definition) is 2. The van der Waals surface area contributed by atoms with E-state index in [4.69, 9.17) is 0 Å². The van der Waals surface area contributed by atoms with Crippen LogP contribution in [0, 0.1) is 5.82 Å². The Balaban J connectivity index is 0.00000341. The number of benzene rings is 2. The van der Waals surface area contributed by atoms with E-state index in [-0.39, 0.29) is 42.0 Å². The van der Waals surface area contributed by atoms with E-state index in [1.54, 1.807) is 4.90 Å². The van der Waals surface area contributed by atoms with E-state index < -0.39 is 17.6 Å². The molecule has 0 bridgehead atoms. The number of alkyl halides is 3. The Morgan fingerprint density at radius 3 is 2.35 bits per heavy atom. The molecule has 2 aromatic rings. The maximum absolute atomic E-state index is 13.2. The maximum Gasteiger partial charge on any atom is 0.416 e. The number of aliphatic imine (C=N–C) groups is 1. The van der Waals surface area contributed by atoms with Crippen LogP contribution in [0.2, 0.25) is 0 Å². The summed E-state index contributed by atoms with van der Waals surface area (Å²) in [7, 11) is 1.51. The third-order valence-electron chi connectivity index (χ3n) is 4.83. The SMILES string of the molecule is CN=C(NCc1ccc(N2CCCC2=O)cc1)NCc1ccc(F)cc1C(F)(F)F.I. The summed E-state index contributed by atoms with van der Waals surface area (Å²) in [4.78, 5) is 17.6. The van der Waals surface area contributed by atoms with Crippen LogP contribution < -0.4 is 15.5 Å². The molecule has 0 saturated carbocycles. The highest BCUT2D eigenvalue weighted by Crippen LogP contribution is 2.32. The van der Waals surface area contributed by atoms with Gasteiger partial charge >= 0.3 is 6.18 Å². The molecule has 10 heteroatoms. The Hall–Kier alpha value is -2.37. The van der Waals surface area contributed by atoms with Crippen LogP contribution in [0.3, 0.4) is 0 Å². The second-order valence-electron chi connectivity index (χ2n) is 6.89. The second-order valence-corrected chi connectivity index (χ2v) is 6.89. The summed E-state index contributed by atoms with van der Waals surface area (Å²) >= 11 is 0. The highest BCUT2D eigenvalue weighted by Gasteiger charge is 2.33. The minimum absolute atomic E-state index is 0. The monoisotopic (exact) mass is 550 g/mol. The number of hydrogen-bond donors (Lipinski definition) is 2. The van der Waals surface area contributed by atoms with E-state index in [9.17, 15) is 22.4 Å². The van der Waals surface area contributed by atoms with Gasteiger partial charge in [-0.05, 0) is 41.8 Å². The summed E-state index contributed by atoms with van der Waals surface area (Å²) in [5.74, 6) is -0.511. The Bertz CT molecular complexity index is 932. The van der Waals surface area contributed by atoms with Gasteiger partial charge < -0.3 is 15.5 Å². The molecule has 1 fully saturated rings. The fourth-order valence-electron chi connectivity index (χ4n) is 3.27. The molecule has 31 heavy (non-hydrogen) atoms. The predicted octanol–water partition coefficient (Wildman–Crippen LogP) is 4.45. The van der Waals surface area contributed by atoms with E-state index in [1.165, 1.54) is 7.05 Å².